The van der Waals surface area contributed by atoms with Crippen molar-refractivity contribution in [2.24, 2.45) is 35.5 Å². The van der Waals surface area contributed by atoms with Gasteiger partial charge in [0.1, 0.15) is 6.10 Å². The van der Waals surface area contributed by atoms with E-state index >= 15 is 0 Å². The fraction of sp³-hybridized carbons (Fsp3) is 0.727. The Kier molecular flexibility index (Phi) is 5.59. The van der Waals surface area contributed by atoms with Gasteiger partial charge >= 0.3 is 11.9 Å². The maximum Gasteiger partial charge on any atom is 0.333 e. The first kappa shape index (κ1) is 19.2. The van der Waals surface area contributed by atoms with Crippen LogP contribution in [-0.4, -0.2) is 24.6 Å². The van der Waals surface area contributed by atoms with E-state index in [1.807, 2.05) is 13.8 Å². The maximum absolute atomic E-state index is 12.1. The van der Waals surface area contributed by atoms with Crippen LogP contribution in [0.1, 0.15) is 52.9 Å². The molecule has 3 rings (SSSR count). The molecule has 26 heavy (non-hydrogen) atoms. The summed E-state index contributed by atoms with van der Waals surface area (Å²) in [6.45, 7) is 13.9. The molecule has 0 saturated heterocycles. The van der Waals surface area contributed by atoms with Crippen molar-refractivity contribution in [3.63, 3.8) is 0 Å². The summed E-state index contributed by atoms with van der Waals surface area (Å²) < 4.78 is 11.0. The molecular weight excluding hydrogens is 328 g/mol. The maximum atomic E-state index is 12.1. The van der Waals surface area contributed by atoms with Crippen molar-refractivity contribution < 1.29 is 19.1 Å². The predicted octanol–water partition coefficient (Wildman–Crippen LogP) is 4.30. The van der Waals surface area contributed by atoms with Gasteiger partial charge < -0.3 is 9.47 Å². The number of rotatable bonds is 7. The summed E-state index contributed by atoms with van der Waals surface area (Å²) in [4.78, 5) is 24.0. The van der Waals surface area contributed by atoms with Gasteiger partial charge in [0, 0.05) is 11.1 Å². The number of ether oxygens (including phenoxy) is 2. The largest absolute Gasteiger partial charge is 0.462 e. The molecule has 0 spiro atoms. The highest BCUT2D eigenvalue weighted by atomic mass is 16.5. The zero-order valence-electron chi connectivity index (χ0n) is 16.3. The number of carbonyl (C=O) groups excluding carboxylic acids is 2. The van der Waals surface area contributed by atoms with Gasteiger partial charge in [-0.25, -0.2) is 9.59 Å². The quantitative estimate of drug-likeness (QED) is 0.502. The summed E-state index contributed by atoms with van der Waals surface area (Å²) in [5.41, 5.74) is 1.09. The van der Waals surface area contributed by atoms with Crippen LogP contribution in [0.5, 0.6) is 0 Å². The average Bonchev–Trinajstić information content (AvgIpc) is 3.25. The van der Waals surface area contributed by atoms with E-state index in [0.29, 0.717) is 53.3 Å². The van der Waals surface area contributed by atoms with Gasteiger partial charge in [0.25, 0.3) is 0 Å². The molecule has 144 valence electrons. The molecule has 3 aliphatic carbocycles. The predicted molar refractivity (Wildman–Crippen MR) is 100 cm³/mol. The lowest BCUT2D eigenvalue weighted by Crippen LogP contribution is -2.34. The SMILES string of the molecule is C=C(C)C(=O)O[C@@H]1CC2CC1C1CCC(CC(=C)C(=O)OCC(C)C)C21. The second-order valence-electron chi connectivity index (χ2n) is 9.00. The minimum atomic E-state index is -0.255. The highest BCUT2D eigenvalue weighted by Crippen LogP contribution is 2.62. The fourth-order valence-corrected chi connectivity index (χ4v) is 5.57. The van der Waals surface area contributed by atoms with Crippen molar-refractivity contribution in [2.75, 3.05) is 6.61 Å². The van der Waals surface area contributed by atoms with Crippen molar-refractivity contribution >= 4 is 11.9 Å². The molecule has 0 radical (unpaired) electrons. The second-order valence-corrected chi connectivity index (χ2v) is 9.00. The minimum Gasteiger partial charge on any atom is -0.462 e. The summed E-state index contributed by atoms with van der Waals surface area (Å²) in [5.74, 6) is 2.74. The van der Waals surface area contributed by atoms with Crippen molar-refractivity contribution in [1.29, 1.82) is 0 Å². The van der Waals surface area contributed by atoms with E-state index in [9.17, 15) is 9.59 Å². The number of hydrogen-bond acceptors (Lipinski definition) is 4. The second kappa shape index (κ2) is 7.58. The van der Waals surface area contributed by atoms with E-state index in [1.165, 1.54) is 6.42 Å². The van der Waals surface area contributed by atoms with Crippen molar-refractivity contribution in [2.45, 2.75) is 59.0 Å². The van der Waals surface area contributed by atoms with Crippen LogP contribution in [-0.2, 0) is 19.1 Å². The molecule has 0 heterocycles. The molecule has 2 bridgehead atoms. The average molecular weight is 360 g/mol. The van der Waals surface area contributed by atoms with E-state index in [-0.39, 0.29) is 18.0 Å². The standard InChI is InChI=1S/C22H32O4/c1-12(2)11-25-22(24)14(5)8-15-6-7-17-18-9-16(20(15)17)10-19(18)26-21(23)13(3)4/h12,15-20H,3,5-11H2,1-2,4H3/t15?,16?,17?,18?,19-,20?/m1/s1. The number of fused-ring (bicyclic) bond motifs is 5. The summed E-state index contributed by atoms with van der Waals surface area (Å²) in [5, 5.41) is 0. The lowest BCUT2D eigenvalue weighted by Gasteiger charge is -2.33. The van der Waals surface area contributed by atoms with Gasteiger partial charge in [-0.2, -0.15) is 0 Å². The molecule has 0 N–H and O–H groups in total. The first-order chi connectivity index (χ1) is 12.3. The third-order valence-electron chi connectivity index (χ3n) is 6.54. The highest BCUT2D eigenvalue weighted by molar-refractivity contribution is 5.88. The summed E-state index contributed by atoms with van der Waals surface area (Å²) >= 11 is 0. The Labute approximate surface area is 157 Å². The van der Waals surface area contributed by atoms with Gasteiger partial charge in [0.15, 0.2) is 0 Å². The zero-order valence-corrected chi connectivity index (χ0v) is 16.3. The van der Waals surface area contributed by atoms with Gasteiger partial charge in [-0.15, -0.1) is 0 Å². The van der Waals surface area contributed by atoms with Crippen molar-refractivity contribution in [1.82, 2.24) is 0 Å². The third-order valence-corrected chi connectivity index (χ3v) is 6.54. The molecule has 3 aliphatic rings. The Morgan fingerprint density at radius 2 is 1.81 bits per heavy atom. The Balaban J connectivity index is 1.55. The van der Waals surface area contributed by atoms with E-state index in [2.05, 4.69) is 13.2 Å². The highest BCUT2D eigenvalue weighted by Gasteiger charge is 2.58. The molecule has 0 amide bonds. The lowest BCUT2D eigenvalue weighted by molar-refractivity contribution is -0.148. The molecule has 3 fully saturated rings. The van der Waals surface area contributed by atoms with Crippen LogP contribution in [0.3, 0.4) is 0 Å². The summed E-state index contributed by atoms with van der Waals surface area (Å²) in [6.07, 6.45) is 5.24. The minimum absolute atomic E-state index is 0.0587. The number of esters is 2. The van der Waals surface area contributed by atoms with Crippen LogP contribution in [0.4, 0.5) is 0 Å². The fourth-order valence-electron chi connectivity index (χ4n) is 5.57. The Hall–Kier alpha value is -1.58. The Morgan fingerprint density at radius 1 is 1.08 bits per heavy atom. The van der Waals surface area contributed by atoms with Crippen LogP contribution < -0.4 is 0 Å². The van der Waals surface area contributed by atoms with Gasteiger partial charge in [-0.3, -0.25) is 0 Å². The molecule has 4 heteroatoms. The Bertz CT molecular complexity index is 605. The van der Waals surface area contributed by atoms with Crippen molar-refractivity contribution in [3.05, 3.63) is 24.3 Å². The molecule has 0 aliphatic heterocycles. The van der Waals surface area contributed by atoms with Crippen LogP contribution in [0.15, 0.2) is 24.3 Å². The van der Waals surface area contributed by atoms with E-state index in [1.54, 1.807) is 6.92 Å². The summed E-state index contributed by atoms with van der Waals surface area (Å²) in [6, 6.07) is 0. The first-order valence-corrected chi connectivity index (χ1v) is 9.99. The molecule has 5 unspecified atom stereocenters. The van der Waals surface area contributed by atoms with Gasteiger partial charge in [-0.05, 0) is 74.5 Å². The van der Waals surface area contributed by atoms with Crippen LogP contribution >= 0.6 is 0 Å². The molecular formula is C22H32O4. The molecule has 4 nitrogen and oxygen atoms in total. The topological polar surface area (TPSA) is 52.6 Å². The van der Waals surface area contributed by atoms with Crippen LogP contribution in [0.2, 0.25) is 0 Å². The van der Waals surface area contributed by atoms with Gasteiger partial charge in [-0.1, -0.05) is 27.0 Å². The molecule has 6 atom stereocenters. The molecule has 3 saturated carbocycles. The monoisotopic (exact) mass is 360 g/mol. The zero-order chi connectivity index (χ0) is 19.0. The third kappa shape index (κ3) is 3.74. The first-order valence-electron chi connectivity index (χ1n) is 9.99. The molecule has 0 aromatic heterocycles. The Morgan fingerprint density at radius 3 is 2.46 bits per heavy atom. The van der Waals surface area contributed by atoms with Gasteiger partial charge in [0.05, 0.1) is 6.61 Å². The van der Waals surface area contributed by atoms with Crippen LogP contribution in [0, 0.1) is 35.5 Å². The van der Waals surface area contributed by atoms with E-state index < -0.39 is 0 Å². The number of carbonyl (C=O) groups is 2. The smallest absolute Gasteiger partial charge is 0.333 e. The lowest BCUT2D eigenvalue weighted by atomic mass is 9.75. The molecule has 0 aromatic rings. The van der Waals surface area contributed by atoms with Crippen LogP contribution in [0.25, 0.3) is 0 Å². The number of hydrogen-bond donors (Lipinski definition) is 0. The normalized spacial score (nSPS) is 34.6. The molecule has 0 aromatic carbocycles. The van der Waals surface area contributed by atoms with Gasteiger partial charge in [0.2, 0.25) is 0 Å². The van der Waals surface area contributed by atoms with E-state index in [4.69, 9.17) is 9.47 Å². The van der Waals surface area contributed by atoms with E-state index in [0.717, 1.165) is 25.7 Å². The summed E-state index contributed by atoms with van der Waals surface area (Å²) in [7, 11) is 0. The van der Waals surface area contributed by atoms with Crippen molar-refractivity contribution in [3.8, 4) is 0 Å².